The van der Waals surface area contributed by atoms with Gasteiger partial charge >= 0.3 is 5.97 Å². The molecule has 2 atom stereocenters. The zero-order chi connectivity index (χ0) is 14.0. The van der Waals surface area contributed by atoms with E-state index < -0.39 is 6.10 Å². The highest BCUT2D eigenvalue weighted by atomic mass is 16.5. The van der Waals surface area contributed by atoms with Crippen LogP contribution in [0.5, 0.6) is 0 Å². The Balaban J connectivity index is 4.19. The number of carbonyl (C=O) groups excluding carboxylic acids is 1. The summed E-state index contributed by atoms with van der Waals surface area (Å²) in [5.74, 6) is 0.0576. The van der Waals surface area contributed by atoms with E-state index in [0.29, 0.717) is 12.5 Å². The zero-order valence-corrected chi connectivity index (χ0v) is 12.2. The first-order valence-corrected chi connectivity index (χ1v) is 7.09. The minimum atomic E-state index is -0.395. The average Bonchev–Trinajstić information content (AvgIpc) is 2.39. The van der Waals surface area contributed by atoms with Crippen molar-refractivity contribution in [3.63, 3.8) is 0 Å². The van der Waals surface area contributed by atoms with Crippen LogP contribution in [0.4, 0.5) is 0 Å². The maximum absolute atomic E-state index is 11.6. The second kappa shape index (κ2) is 10.3. The van der Waals surface area contributed by atoms with Gasteiger partial charge in [-0.15, -0.1) is 0 Å². The molecule has 108 valence electrons. The Bertz CT molecular complexity index is 217. The molecule has 4 nitrogen and oxygen atoms in total. The summed E-state index contributed by atoms with van der Waals surface area (Å²) >= 11 is 0. The van der Waals surface area contributed by atoms with Crippen molar-refractivity contribution in [2.24, 2.45) is 5.92 Å². The van der Waals surface area contributed by atoms with Gasteiger partial charge in [-0.1, -0.05) is 46.5 Å². The molecule has 2 unspecified atom stereocenters. The van der Waals surface area contributed by atoms with Gasteiger partial charge in [0.05, 0.1) is 13.2 Å². The summed E-state index contributed by atoms with van der Waals surface area (Å²) in [6, 6.07) is -0.293. The van der Waals surface area contributed by atoms with E-state index in [1.165, 1.54) is 7.11 Å². The smallest absolute Gasteiger partial charge is 0.322 e. The largest absolute Gasteiger partial charge is 0.468 e. The van der Waals surface area contributed by atoms with Crippen LogP contribution in [0, 0.1) is 5.92 Å². The number of aliphatic hydroxyl groups is 1. The van der Waals surface area contributed by atoms with Crippen molar-refractivity contribution >= 4 is 5.97 Å². The highest BCUT2D eigenvalue weighted by Crippen LogP contribution is 2.13. The fourth-order valence-electron chi connectivity index (χ4n) is 2.12. The molecular weight excluding hydrogens is 230 g/mol. The molecule has 0 saturated heterocycles. The van der Waals surface area contributed by atoms with Gasteiger partial charge in [0.1, 0.15) is 6.04 Å². The Labute approximate surface area is 111 Å². The van der Waals surface area contributed by atoms with Gasteiger partial charge in [-0.05, 0) is 12.3 Å². The van der Waals surface area contributed by atoms with Crippen LogP contribution in [-0.4, -0.2) is 36.9 Å². The summed E-state index contributed by atoms with van der Waals surface area (Å²) in [4.78, 5) is 11.6. The number of hydrogen-bond acceptors (Lipinski definition) is 4. The number of carbonyl (C=O) groups is 1. The number of esters is 1. The molecule has 0 aromatic heterocycles. The van der Waals surface area contributed by atoms with E-state index in [4.69, 9.17) is 4.74 Å². The summed E-state index contributed by atoms with van der Waals surface area (Å²) in [6.07, 6.45) is 4.31. The lowest BCUT2D eigenvalue weighted by Gasteiger charge is -2.23. The Morgan fingerprint density at radius 2 is 1.89 bits per heavy atom. The van der Waals surface area contributed by atoms with Crippen molar-refractivity contribution in [1.29, 1.82) is 0 Å². The number of hydrogen-bond donors (Lipinski definition) is 2. The van der Waals surface area contributed by atoms with E-state index in [2.05, 4.69) is 26.1 Å². The van der Waals surface area contributed by atoms with Crippen molar-refractivity contribution < 1.29 is 14.6 Å². The predicted octanol–water partition coefficient (Wildman–Crippen LogP) is 2.10. The van der Waals surface area contributed by atoms with Crippen LogP contribution in [0.25, 0.3) is 0 Å². The van der Waals surface area contributed by atoms with Crippen LogP contribution in [0.15, 0.2) is 0 Å². The lowest BCUT2D eigenvalue weighted by molar-refractivity contribution is -0.143. The zero-order valence-electron chi connectivity index (χ0n) is 12.2. The second-order valence-electron chi connectivity index (χ2n) is 4.77. The van der Waals surface area contributed by atoms with Crippen molar-refractivity contribution in [2.45, 2.75) is 65.0 Å². The third kappa shape index (κ3) is 6.36. The maximum Gasteiger partial charge on any atom is 0.322 e. The maximum atomic E-state index is 11.6. The Morgan fingerprint density at radius 3 is 2.33 bits per heavy atom. The highest BCUT2D eigenvalue weighted by molar-refractivity contribution is 5.75. The minimum Gasteiger partial charge on any atom is -0.468 e. The topological polar surface area (TPSA) is 58.6 Å². The van der Waals surface area contributed by atoms with Crippen molar-refractivity contribution in [2.75, 3.05) is 13.7 Å². The van der Waals surface area contributed by atoms with Gasteiger partial charge in [0.25, 0.3) is 0 Å². The van der Waals surface area contributed by atoms with Crippen LogP contribution in [0.1, 0.15) is 52.9 Å². The third-order valence-corrected chi connectivity index (χ3v) is 3.50. The van der Waals surface area contributed by atoms with E-state index in [9.17, 15) is 9.90 Å². The fraction of sp³-hybridized carbons (Fsp3) is 0.929. The first kappa shape index (κ1) is 17.4. The Hall–Kier alpha value is -0.610. The molecule has 0 aromatic carbocycles. The molecule has 0 aliphatic carbocycles. The molecule has 0 amide bonds. The Kier molecular flexibility index (Phi) is 9.98. The van der Waals surface area contributed by atoms with E-state index in [1.807, 2.05) is 0 Å². The van der Waals surface area contributed by atoms with Crippen LogP contribution >= 0.6 is 0 Å². The molecule has 0 aliphatic rings. The first-order valence-electron chi connectivity index (χ1n) is 7.09. The lowest BCUT2D eigenvalue weighted by atomic mass is 9.96. The van der Waals surface area contributed by atoms with Gasteiger partial charge in [-0.3, -0.25) is 4.79 Å². The number of aliphatic hydroxyl groups excluding tert-OH is 1. The fourth-order valence-corrected chi connectivity index (χ4v) is 2.12. The van der Waals surface area contributed by atoms with E-state index >= 15 is 0 Å². The van der Waals surface area contributed by atoms with Crippen LogP contribution in [0.2, 0.25) is 0 Å². The molecular formula is C14H29NO3. The first-order chi connectivity index (χ1) is 8.60. The van der Waals surface area contributed by atoms with Crippen LogP contribution in [0.3, 0.4) is 0 Å². The Morgan fingerprint density at radius 1 is 1.28 bits per heavy atom. The molecule has 0 saturated carbocycles. The van der Waals surface area contributed by atoms with Gasteiger partial charge in [0, 0.05) is 6.54 Å². The number of ether oxygens (including phenoxy) is 1. The standard InChI is InChI=1S/C14H29NO3/c1-5-8-9-12(14(17)18-4)15-10-13(16)11(6-2)7-3/h11-13,15-16H,5-10H2,1-4H3. The SMILES string of the molecule is CCCCC(NCC(O)C(CC)CC)C(=O)OC. The predicted molar refractivity (Wildman–Crippen MR) is 73.4 cm³/mol. The van der Waals surface area contributed by atoms with E-state index in [1.54, 1.807) is 0 Å². The molecule has 0 spiro atoms. The molecule has 0 radical (unpaired) electrons. The number of rotatable bonds is 10. The van der Waals surface area contributed by atoms with Gasteiger partial charge in [0.15, 0.2) is 0 Å². The van der Waals surface area contributed by atoms with Crippen LogP contribution in [-0.2, 0) is 9.53 Å². The molecule has 4 heteroatoms. The molecule has 2 N–H and O–H groups in total. The van der Waals surface area contributed by atoms with Gasteiger partial charge in [-0.2, -0.15) is 0 Å². The van der Waals surface area contributed by atoms with Crippen molar-refractivity contribution in [3.8, 4) is 0 Å². The van der Waals surface area contributed by atoms with Crippen LogP contribution < -0.4 is 5.32 Å². The monoisotopic (exact) mass is 259 g/mol. The lowest BCUT2D eigenvalue weighted by Crippen LogP contribution is -2.43. The van der Waals surface area contributed by atoms with Crippen molar-refractivity contribution in [1.82, 2.24) is 5.32 Å². The summed E-state index contributed by atoms with van der Waals surface area (Å²) in [6.45, 7) is 6.70. The van der Waals surface area contributed by atoms with E-state index in [0.717, 1.165) is 32.1 Å². The summed E-state index contributed by atoms with van der Waals surface area (Å²) in [5.41, 5.74) is 0. The van der Waals surface area contributed by atoms with Gasteiger partial charge in [0.2, 0.25) is 0 Å². The number of unbranched alkanes of at least 4 members (excludes halogenated alkanes) is 1. The van der Waals surface area contributed by atoms with E-state index in [-0.39, 0.29) is 12.0 Å². The average molecular weight is 259 g/mol. The second-order valence-corrected chi connectivity index (χ2v) is 4.77. The summed E-state index contributed by atoms with van der Waals surface area (Å²) < 4.78 is 4.77. The molecule has 0 rings (SSSR count). The molecule has 0 aliphatic heterocycles. The molecule has 0 heterocycles. The molecule has 0 fully saturated rings. The van der Waals surface area contributed by atoms with Crippen molar-refractivity contribution in [3.05, 3.63) is 0 Å². The van der Waals surface area contributed by atoms with Gasteiger partial charge < -0.3 is 15.2 Å². The highest BCUT2D eigenvalue weighted by Gasteiger charge is 2.21. The quantitative estimate of drug-likeness (QED) is 0.590. The summed E-state index contributed by atoms with van der Waals surface area (Å²) in [7, 11) is 1.40. The number of nitrogens with one attached hydrogen (secondary N) is 1. The normalized spacial score (nSPS) is 14.6. The molecule has 0 aromatic rings. The summed E-state index contributed by atoms with van der Waals surface area (Å²) in [5, 5.41) is 13.2. The molecule has 0 bridgehead atoms. The van der Waals surface area contributed by atoms with Gasteiger partial charge in [-0.25, -0.2) is 0 Å². The number of methoxy groups -OCH3 is 1. The molecule has 18 heavy (non-hydrogen) atoms. The third-order valence-electron chi connectivity index (χ3n) is 3.50. The minimum absolute atomic E-state index is 0.236.